The fourth-order valence-corrected chi connectivity index (χ4v) is 0.289. The SMILES string of the molecule is B[B]BBB. The number of hydrogen-bond acceptors (Lipinski definition) is 0. The van der Waals surface area contributed by atoms with E-state index in [1.807, 2.05) is 0 Å². The molecular weight excluding hydrogens is 54.1 g/mol. The first-order valence-corrected chi connectivity index (χ1v) is 2.19. The quantitative estimate of drug-likeness (QED) is 0.290. The molecule has 0 heterocycles. The Kier molecular flexibility index (Phi) is 4.61. The van der Waals surface area contributed by atoms with Gasteiger partial charge < -0.3 is 0 Å². The van der Waals surface area contributed by atoms with Gasteiger partial charge in [0.1, 0.15) is 0 Å². The molecule has 0 saturated heterocycles. The van der Waals surface area contributed by atoms with Crippen molar-refractivity contribution in [1.29, 1.82) is 0 Å². The molecule has 1 radical (unpaired) electrons. The molecule has 0 saturated carbocycles. The second-order valence-corrected chi connectivity index (χ2v) is 1.20. The zero-order valence-electron chi connectivity index (χ0n) is 3.99. The standard InChI is InChI=1S/B5H6/c1-3-5-4-2/h3,5H,1-2H2. The zero-order valence-corrected chi connectivity index (χ0v) is 3.99. The van der Waals surface area contributed by atoms with E-state index < -0.39 is 0 Å². The van der Waals surface area contributed by atoms with Crippen molar-refractivity contribution >= 4 is 36.7 Å². The van der Waals surface area contributed by atoms with Crippen LogP contribution in [0.1, 0.15) is 0 Å². The van der Waals surface area contributed by atoms with Gasteiger partial charge in [-0.1, -0.05) is 0 Å². The van der Waals surface area contributed by atoms with Crippen molar-refractivity contribution in [3.8, 4) is 0 Å². The van der Waals surface area contributed by atoms with Gasteiger partial charge in [0.25, 0.3) is 0 Å². The van der Waals surface area contributed by atoms with E-state index in [4.69, 9.17) is 0 Å². The molecule has 0 amide bonds. The predicted octanol–water partition coefficient (Wildman–Crippen LogP) is -3.51. The molecule has 0 bridgehead atoms. The van der Waals surface area contributed by atoms with Crippen LogP contribution in [0.3, 0.4) is 0 Å². The molecule has 0 aliphatic heterocycles. The van der Waals surface area contributed by atoms with Crippen LogP contribution in [0.25, 0.3) is 0 Å². The molecule has 0 aromatic heterocycles. The molecule has 5 heteroatoms. The van der Waals surface area contributed by atoms with E-state index in [2.05, 4.69) is 22.5 Å². The largest absolute Gasteiger partial charge is 0.0597 e. The summed E-state index contributed by atoms with van der Waals surface area (Å²) in [6.07, 6.45) is 0. The second-order valence-electron chi connectivity index (χ2n) is 1.20. The predicted molar refractivity (Wildman–Crippen MR) is 37.1 cm³/mol. The van der Waals surface area contributed by atoms with Crippen LogP contribution in [-0.4, -0.2) is 36.7 Å². The van der Waals surface area contributed by atoms with Gasteiger partial charge in [-0.3, -0.25) is 0 Å². The molecule has 0 aliphatic rings. The van der Waals surface area contributed by atoms with Crippen LogP contribution in [0.2, 0.25) is 0 Å². The summed E-state index contributed by atoms with van der Waals surface area (Å²) in [6.45, 7) is 0. The first kappa shape index (κ1) is 5.32. The lowest BCUT2D eigenvalue weighted by atomic mass is 9.08. The van der Waals surface area contributed by atoms with E-state index in [1.54, 1.807) is 0 Å². The Hall–Kier alpha value is 0.325. The van der Waals surface area contributed by atoms with E-state index in [0.29, 0.717) is 0 Å². The second kappa shape index (κ2) is 4.32. The van der Waals surface area contributed by atoms with Crippen molar-refractivity contribution in [2.24, 2.45) is 0 Å². The molecule has 0 spiro atoms. The molecule has 0 fully saturated rings. The summed E-state index contributed by atoms with van der Waals surface area (Å²) in [5.74, 6) is 0. The van der Waals surface area contributed by atoms with Gasteiger partial charge in [0, 0.05) is 21.2 Å². The number of rotatable bonds is 2. The summed E-state index contributed by atoms with van der Waals surface area (Å²) in [5, 5.41) is 0. The van der Waals surface area contributed by atoms with Crippen molar-refractivity contribution in [2.75, 3.05) is 0 Å². The molecule has 0 unspecified atom stereocenters. The highest BCUT2D eigenvalue weighted by molar-refractivity contribution is 7.49. The molecule has 5 heavy (non-hydrogen) atoms. The maximum absolute atomic E-state index is 2.18. The van der Waals surface area contributed by atoms with Gasteiger partial charge in [-0.15, -0.1) is 0 Å². The van der Waals surface area contributed by atoms with Gasteiger partial charge in [-0.2, -0.15) is 0 Å². The van der Waals surface area contributed by atoms with Crippen molar-refractivity contribution in [2.45, 2.75) is 0 Å². The molecule has 0 N–H and O–H groups in total. The molecule has 21 valence electrons. The first-order chi connectivity index (χ1) is 2.41. The van der Waals surface area contributed by atoms with E-state index in [0.717, 1.165) is 0 Å². The summed E-state index contributed by atoms with van der Waals surface area (Å²) < 4.78 is 0. The summed E-state index contributed by atoms with van der Waals surface area (Å²) in [5.41, 5.74) is 0. The van der Waals surface area contributed by atoms with Crippen LogP contribution < -0.4 is 0 Å². The average Bonchev–Trinajstić information content (AvgIpc) is 1.41. The normalized spacial score (nSPS) is 5.60. The highest BCUT2D eigenvalue weighted by atomic mass is 12.5. The van der Waals surface area contributed by atoms with E-state index >= 15 is 0 Å². The van der Waals surface area contributed by atoms with Crippen LogP contribution in [-0.2, 0) is 0 Å². The van der Waals surface area contributed by atoms with Crippen LogP contribution >= 0.6 is 0 Å². The summed E-state index contributed by atoms with van der Waals surface area (Å²) in [4.78, 5) is 0. The molecule has 0 aromatic rings. The topological polar surface area (TPSA) is 0 Å². The Balaban J connectivity index is 2.19. The smallest absolute Gasteiger partial charge is 0.0164 e. The lowest BCUT2D eigenvalue weighted by Gasteiger charge is -1.70. The van der Waals surface area contributed by atoms with Gasteiger partial charge in [0.2, 0.25) is 0 Å². The van der Waals surface area contributed by atoms with Crippen LogP contribution in [0.5, 0.6) is 0 Å². The maximum atomic E-state index is 2.18. The fraction of sp³-hybridized carbons (Fsp3) is 0. The third kappa shape index (κ3) is 4.32. The molecule has 0 rings (SSSR count). The molecule has 0 aliphatic carbocycles. The monoisotopic (exact) mass is 61.1 g/mol. The Morgan fingerprint density at radius 3 is 2.20 bits per heavy atom. The van der Waals surface area contributed by atoms with E-state index in [9.17, 15) is 0 Å². The van der Waals surface area contributed by atoms with Crippen LogP contribution in [0.15, 0.2) is 0 Å². The fourth-order valence-electron chi connectivity index (χ4n) is 0.289. The van der Waals surface area contributed by atoms with Gasteiger partial charge in [0.05, 0.1) is 15.5 Å². The Bertz CT molecular complexity index is 7.51. The van der Waals surface area contributed by atoms with Crippen molar-refractivity contribution < 1.29 is 0 Å². The van der Waals surface area contributed by atoms with Gasteiger partial charge >= 0.3 is 0 Å². The Morgan fingerprint density at radius 2 is 2.20 bits per heavy atom. The average molecular weight is 60.1 g/mol. The Labute approximate surface area is 37.6 Å². The molecule has 0 aromatic carbocycles. The van der Waals surface area contributed by atoms with Crippen molar-refractivity contribution in [3.63, 3.8) is 0 Å². The van der Waals surface area contributed by atoms with E-state index in [1.165, 1.54) is 14.1 Å². The lowest BCUT2D eigenvalue weighted by molar-refractivity contribution is 4.02. The first-order valence-electron chi connectivity index (χ1n) is 2.19. The highest BCUT2D eigenvalue weighted by Crippen LogP contribution is 1.35. The zero-order chi connectivity index (χ0) is 4.12. The van der Waals surface area contributed by atoms with Gasteiger partial charge in [-0.05, 0) is 0 Å². The van der Waals surface area contributed by atoms with Crippen LogP contribution in [0.4, 0.5) is 0 Å². The Morgan fingerprint density at radius 1 is 1.60 bits per heavy atom. The number of hydrogen-bond donors (Lipinski definition) is 0. The third-order valence-electron chi connectivity index (χ3n) is 0.577. The minimum absolute atomic E-state index is 1.26. The molecular formula is H6B5. The van der Waals surface area contributed by atoms with Crippen molar-refractivity contribution in [3.05, 3.63) is 0 Å². The summed E-state index contributed by atoms with van der Waals surface area (Å²) in [6, 6.07) is 0. The van der Waals surface area contributed by atoms with Crippen LogP contribution in [0, 0.1) is 0 Å². The third-order valence-corrected chi connectivity index (χ3v) is 0.577. The van der Waals surface area contributed by atoms with E-state index in [-0.39, 0.29) is 0 Å². The summed E-state index contributed by atoms with van der Waals surface area (Å²) >= 11 is 0. The summed E-state index contributed by atoms with van der Waals surface area (Å²) in [7, 11) is 9.00. The molecule has 0 nitrogen and oxygen atoms in total. The highest BCUT2D eigenvalue weighted by Gasteiger charge is 1.77. The van der Waals surface area contributed by atoms with Gasteiger partial charge in [-0.25, -0.2) is 0 Å². The minimum atomic E-state index is 1.26. The minimum Gasteiger partial charge on any atom is 0.0164 e. The molecule has 0 atom stereocenters. The maximum Gasteiger partial charge on any atom is 0.0597 e. The van der Waals surface area contributed by atoms with Crippen molar-refractivity contribution in [1.82, 2.24) is 0 Å². The van der Waals surface area contributed by atoms with Gasteiger partial charge in [0.15, 0.2) is 0 Å². The lowest BCUT2D eigenvalue weighted by Crippen LogP contribution is -2.11.